The number of amides is 2. The van der Waals surface area contributed by atoms with Gasteiger partial charge in [0.15, 0.2) is 5.83 Å². The number of rotatable bonds is 3. The lowest BCUT2D eigenvalue weighted by Crippen LogP contribution is -2.24. The van der Waals surface area contributed by atoms with Gasteiger partial charge in [0.25, 0.3) is 11.8 Å². The van der Waals surface area contributed by atoms with Crippen LogP contribution >= 0.6 is 0 Å². The Bertz CT molecular complexity index is 300. The molecule has 14 heavy (non-hydrogen) atoms. The van der Waals surface area contributed by atoms with Gasteiger partial charge in [0.05, 0.1) is 0 Å². The van der Waals surface area contributed by atoms with E-state index in [1.807, 2.05) is 5.32 Å². The number of hydrogen-bond acceptors (Lipinski definition) is 2. The smallest absolute Gasteiger partial charge is 0.285 e. The van der Waals surface area contributed by atoms with Crippen molar-refractivity contribution in [2.24, 2.45) is 0 Å². The molecule has 0 unspecified atom stereocenters. The molecule has 0 bridgehead atoms. The Hall–Kier alpha value is -1.72. The normalized spacial score (nSPS) is 10.7. The van der Waals surface area contributed by atoms with Crippen LogP contribution in [-0.2, 0) is 9.59 Å². The Balaban J connectivity index is 4.58. The van der Waals surface area contributed by atoms with Crippen molar-refractivity contribution in [2.45, 2.75) is 0 Å². The van der Waals surface area contributed by atoms with Gasteiger partial charge < -0.3 is 10.2 Å². The van der Waals surface area contributed by atoms with Gasteiger partial charge in [-0.15, -0.1) is 0 Å². The van der Waals surface area contributed by atoms with Crippen molar-refractivity contribution in [1.82, 2.24) is 10.2 Å². The summed E-state index contributed by atoms with van der Waals surface area (Å²) in [6.45, 7) is 2.74. The summed E-state index contributed by atoms with van der Waals surface area (Å²) in [4.78, 5) is 22.0. The average Bonchev–Trinajstić information content (AvgIpc) is 2.14. The van der Waals surface area contributed by atoms with Crippen molar-refractivity contribution in [1.29, 1.82) is 0 Å². The van der Waals surface area contributed by atoms with Crippen molar-refractivity contribution >= 4 is 11.8 Å². The summed E-state index contributed by atoms with van der Waals surface area (Å²) in [5, 5.41) is 2.00. The molecule has 2 amide bonds. The Labute approximate surface area is 79.9 Å². The van der Waals surface area contributed by atoms with E-state index in [-0.39, 0.29) is 0 Å². The van der Waals surface area contributed by atoms with Crippen LogP contribution in [0.3, 0.4) is 0 Å². The number of nitrogens with zero attached hydrogens (tertiary/aromatic N) is 1. The van der Waals surface area contributed by atoms with Crippen molar-refractivity contribution in [2.75, 3.05) is 14.1 Å². The van der Waals surface area contributed by atoms with E-state index < -0.39 is 23.5 Å². The van der Waals surface area contributed by atoms with Gasteiger partial charge in [-0.25, -0.2) is 4.39 Å². The molecule has 0 saturated heterocycles. The van der Waals surface area contributed by atoms with E-state index in [1.54, 1.807) is 0 Å². The monoisotopic (exact) mass is 204 g/mol. The van der Waals surface area contributed by atoms with Crippen LogP contribution in [0.1, 0.15) is 0 Å². The summed E-state index contributed by atoms with van der Waals surface area (Å²) in [5.74, 6) is -4.52. The molecule has 0 atom stereocenters. The lowest BCUT2D eigenvalue weighted by molar-refractivity contribution is -0.125. The third kappa shape index (κ3) is 3.34. The highest BCUT2D eigenvalue weighted by atomic mass is 19.1. The van der Waals surface area contributed by atoms with Crippen LogP contribution in [0.15, 0.2) is 24.4 Å². The Morgan fingerprint density at radius 1 is 1.43 bits per heavy atom. The first kappa shape index (κ1) is 12.3. The Morgan fingerprint density at radius 3 is 2.29 bits per heavy atom. The molecule has 0 spiro atoms. The number of halogens is 2. The van der Waals surface area contributed by atoms with Crippen molar-refractivity contribution in [3.8, 4) is 0 Å². The molecule has 0 rings (SSSR count). The molecule has 0 heterocycles. The third-order valence-electron chi connectivity index (χ3n) is 1.30. The summed E-state index contributed by atoms with van der Waals surface area (Å²) >= 11 is 0. The minimum absolute atomic E-state index is 0.575. The second-order valence-electron chi connectivity index (χ2n) is 2.38. The van der Waals surface area contributed by atoms with E-state index in [4.69, 9.17) is 0 Å². The molecule has 0 aliphatic carbocycles. The third-order valence-corrected chi connectivity index (χ3v) is 1.30. The molecule has 78 valence electrons. The maximum Gasteiger partial charge on any atom is 0.285 e. The molecule has 0 aliphatic heterocycles. The quantitative estimate of drug-likeness (QED) is 0.680. The van der Waals surface area contributed by atoms with Crippen molar-refractivity contribution in [3.05, 3.63) is 24.4 Å². The van der Waals surface area contributed by atoms with Crippen LogP contribution in [0.2, 0.25) is 0 Å². The highest BCUT2D eigenvalue weighted by Crippen LogP contribution is 2.03. The fraction of sp³-hybridized carbons (Fsp3) is 0.250. The summed E-state index contributed by atoms with van der Waals surface area (Å²) in [5.41, 5.74) is 0. The second-order valence-corrected chi connectivity index (χ2v) is 2.38. The van der Waals surface area contributed by atoms with Gasteiger partial charge in [-0.05, 0) is 0 Å². The number of nitrogens with one attached hydrogen (secondary N) is 1. The highest BCUT2D eigenvalue weighted by molar-refractivity contribution is 5.94. The molecule has 0 aromatic rings. The van der Waals surface area contributed by atoms with Gasteiger partial charge in [-0.2, -0.15) is 4.39 Å². The fourth-order valence-corrected chi connectivity index (χ4v) is 0.598. The first-order valence-corrected chi connectivity index (χ1v) is 3.61. The molecule has 4 nitrogen and oxygen atoms in total. The lowest BCUT2D eigenvalue weighted by atomic mass is 10.4. The van der Waals surface area contributed by atoms with E-state index in [0.717, 1.165) is 7.05 Å². The predicted molar refractivity (Wildman–Crippen MR) is 46.3 cm³/mol. The van der Waals surface area contributed by atoms with Crippen LogP contribution < -0.4 is 5.32 Å². The minimum Gasteiger partial charge on any atom is -0.353 e. The van der Waals surface area contributed by atoms with Crippen LogP contribution in [0.4, 0.5) is 8.78 Å². The van der Waals surface area contributed by atoms with Gasteiger partial charge in [-0.1, -0.05) is 6.58 Å². The average molecular weight is 204 g/mol. The van der Waals surface area contributed by atoms with Crippen LogP contribution in [0.5, 0.6) is 0 Å². The molecule has 0 aromatic heterocycles. The summed E-state index contributed by atoms with van der Waals surface area (Å²) < 4.78 is 25.0. The molecule has 0 fully saturated rings. The maximum absolute atomic E-state index is 12.8. The number of carbonyl (C=O) groups excluding carboxylic acids is 2. The van der Waals surface area contributed by atoms with E-state index in [0.29, 0.717) is 11.1 Å². The zero-order valence-corrected chi connectivity index (χ0v) is 7.80. The molecule has 0 radical (unpaired) electrons. The van der Waals surface area contributed by atoms with Crippen molar-refractivity contribution < 1.29 is 18.4 Å². The van der Waals surface area contributed by atoms with E-state index in [2.05, 4.69) is 6.58 Å². The van der Waals surface area contributed by atoms with Gasteiger partial charge >= 0.3 is 0 Å². The number of hydrogen-bond donors (Lipinski definition) is 1. The number of carbonyl (C=O) groups is 2. The maximum atomic E-state index is 12.8. The van der Waals surface area contributed by atoms with Crippen molar-refractivity contribution in [3.63, 3.8) is 0 Å². The molecule has 0 aliphatic rings. The van der Waals surface area contributed by atoms with Gasteiger partial charge in [-0.3, -0.25) is 9.59 Å². The van der Waals surface area contributed by atoms with E-state index in [1.165, 1.54) is 7.05 Å². The predicted octanol–water partition coefficient (Wildman–Crippen LogP) is 0.485. The van der Waals surface area contributed by atoms with Crippen LogP contribution in [-0.4, -0.2) is 30.8 Å². The van der Waals surface area contributed by atoms with E-state index >= 15 is 0 Å². The molecular weight excluding hydrogens is 194 g/mol. The summed E-state index contributed by atoms with van der Waals surface area (Å²) in [7, 11) is 2.33. The fourth-order valence-electron chi connectivity index (χ4n) is 0.598. The topological polar surface area (TPSA) is 49.4 Å². The highest BCUT2D eigenvalue weighted by Gasteiger charge is 2.13. The van der Waals surface area contributed by atoms with Gasteiger partial charge in [0, 0.05) is 20.3 Å². The zero-order valence-electron chi connectivity index (χ0n) is 7.80. The summed E-state index contributed by atoms with van der Waals surface area (Å²) in [6, 6.07) is 0. The first-order valence-electron chi connectivity index (χ1n) is 3.61. The van der Waals surface area contributed by atoms with Gasteiger partial charge in [0.1, 0.15) is 0 Å². The summed E-state index contributed by atoms with van der Waals surface area (Å²) in [6.07, 6.45) is 0.575. The van der Waals surface area contributed by atoms with Gasteiger partial charge in [0.2, 0.25) is 5.83 Å². The Kier molecular flexibility index (Phi) is 4.48. The standard InChI is InChI=1S/C8H10F2N2O2/c1-5(9)8(14)12(3)4-6(10)7(13)11-2/h4H,1H2,2-3H3,(H,11,13). The first-order chi connectivity index (χ1) is 6.40. The molecule has 1 N–H and O–H groups in total. The number of likely N-dealkylation sites (N-methyl/N-ethyl adjacent to an activating group) is 2. The Morgan fingerprint density at radius 2 is 1.93 bits per heavy atom. The molecule has 6 heteroatoms. The van der Waals surface area contributed by atoms with E-state index in [9.17, 15) is 18.4 Å². The largest absolute Gasteiger partial charge is 0.353 e. The molecular formula is C8H10F2N2O2. The minimum atomic E-state index is -1.23. The SMILES string of the molecule is C=C(F)C(=O)N(C)C=C(F)C(=O)NC. The zero-order chi connectivity index (χ0) is 11.3. The van der Waals surface area contributed by atoms with Crippen LogP contribution in [0, 0.1) is 0 Å². The molecule has 0 aromatic carbocycles. The molecule has 0 saturated carbocycles. The van der Waals surface area contributed by atoms with Crippen LogP contribution in [0.25, 0.3) is 0 Å². The second kappa shape index (κ2) is 5.11. The lowest BCUT2D eigenvalue weighted by Gasteiger charge is -2.09.